The van der Waals surface area contributed by atoms with Crippen molar-refractivity contribution >= 4 is 11.9 Å². The minimum atomic E-state index is -0.882. The Labute approximate surface area is 176 Å². The summed E-state index contributed by atoms with van der Waals surface area (Å²) in [6.45, 7) is 14.7. The van der Waals surface area contributed by atoms with E-state index in [4.69, 9.17) is 9.84 Å². The lowest BCUT2D eigenvalue weighted by Gasteiger charge is -2.58. The Morgan fingerprint density at radius 3 is 2.48 bits per heavy atom. The Balaban J connectivity index is 2.29. The molecule has 2 rings (SSSR count). The summed E-state index contributed by atoms with van der Waals surface area (Å²) in [4.78, 5) is 23.4. The Morgan fingerprint density at radius 2 is 1.90 bits per heavy atom. The van der Waals surface area contributed by atoms with Gasteiger partial charge in [0.25, 0.3) is 0 Å². The summed E-state index contributed by atoms with van der Waals surface area (Å²) in [6.07, 6.45) is 9.91. The predicted octanol–water partition coefficient (Wildman–Crippen LogP) is 6.08. The van der Waals surface area contributed by atoms with Crippen LogP contribution in [-0.2, 0) is 14.3 Å². The average molecular weight is 403 g/mol. The van der Waals surface area contributed by atoms with Crippen molar-refractivity contribution in [3.8, 4) is 0 Å². The van der Waals surface area contributed by atoms with Gasteiger partial charge in [-0.05, 0) is 82.5 Å². The van der Waals surface area contributed by atoms with Gasteiger partial charge in [0, 0.05) is 11.6 Å². The third kappa shape index (κ3) is 5.21. The van der Waals surface area contributed by atoms with Crippen LogP contribution in [0.4, 0.5) is 0 Å². The molecule has 0 spiro atoms. The lowest BCUT2D eigenvalue weighted by atomic mass is 9.47. The summed E-state index contributed by atoms with van der Waals surface area (Å²) in [7, 11) is 0. The quantitative estimate of drug-likeness (QED) is 0.332. The van der Waals surface area contributed by atoms with Crippen molar-refractivity contribution in [3.05, 3.63) is 34.9 Å². The largest absolute Gasteiger partial charge is 0.478 e. The van der Waals surface area contributed by atoms with Crippen LogP contribution in [0.5, 0.6) is 0 Å². The summed E-state index contributed by atoms with van der Waals surface area (Å²) in [5.41, 5.74) is 3.04. The molecule has 0 bridgehead atoms. The molecule has 0 radical (unpaired) electrons. The lowest BCUT2D eigenvalue weighted by Crippen LogP contribution is -2.53. The Hall–Kier alpha value is -1.84. The van der Waals surface area contributed by atoms with E-state index >= 15 is 0 Å². The molecule has 4 atom stereocenters. The van der Waals surface area contributed by atoms with Gasteiger partial charge in [-0.3, -0.25) is 0 Å². The minimum Gasteiger partial charge on any atom is -0.478 e. The fraction of sp³-hybridized carbons (Fsp3) is 0.680. The SMILES string of the molecule is C/C=C(/C)C(=O)O[C@@H]1CC(C)(C)[C@H]2CC=C(C)[C@@H](CC/C(C)=C\C(=O)O)[C@]2(C)C1. The number of hydrogen-bond donors (Lipinski definition) is 1. The summed E-state index contributed by atoms with van der Waals surface area (Å²) in [5, 5.41) is 9.02. The summed E-state index contributed by atoms with van der Waals surface area (Å²) in [5.74, 6) is -0.213. The molecular weight excluding hydrogens is 364 g/mol. The van der Waals surface area contributed by atoms with Crippen LogP contribution in [0.3, 0.4) is 0 Å². The minimum absolute atomic E-state index is 0.0267. The normalized spacial score (nSPS) is 32.2. The van der Waals surface area contributed by atoms with Crippen LogP contribution in [0.15, 0.2) is 34.9 Å². The van der Waals surface area contributed by atoms with E-state index in [0.717, 1.165) is 37.7 Å². The van der Waals surface area contributed by atoms with Crippen molar-refractivity contribution in [2.75, 3.05) is 0 Å². The number of carbonyl (C=O) groups excluding carboxylic acids is 1. The van der Waals surface area contributed by atoms with E-state index in [0.29, 0.717) is 17.4 Å². The van der Waals surface area contributed by atoms with Gasteiger partial charge in [0.2, 0.25) is 0 Å². The first kappa shape index (κ1) is 23.4. The van der Waals surface area contributed by atoms with Crippen LogP contribution in [0.25, 0.3) is 0 Å². The van der Waals surface area contributed by atoms with Crippen LogP contribution in [-0.4, -0.2) is 23.1 Å². The molecule has 2 aliphatic carbocycles. The van der Waals surface area contributed by atoms with E-state index in [2.05, 4.69) is 33.8 Å². The predicted molar refractivity (Wildman–Crippen MR) is 116 cm³/mol. The van der Waals surface area contributed by atoms with Gasteiger partial charge in [-0.15, -0.1) is 0 Å². The van der Waals surface area contributed by atoms with Crippen LogP contribution < -0.4 is 0 Å². The van der Waals surface area contributed by atoms with Gasteiger partial charge in [0.15, 0.2) is 0 Å². The molecule has 1 N–H and O–H groups in total. The van der Waals surface area contributed by atoms with E-state index < -0.39 is 5.97 Å². The lowest BCUT2D eigenvalue weighted by molar-refractivity contribution is -0.159. The molecule has 0 unspecified atom stereocenters. The van der Waals surface area contributed by atoms with E-state index in [1.807, 2.05) is 13.8 Å². The third-order valence-electron chi connectivity index (χ3n) is 7.41. The fourth-order valence-corrected chi connectivity index (χ4v) is 5.92. The number of carboxylic acid groups (broad SMARTS) is 1. The third-order valence-corrected chi connectivity index (χ3v) is 7.41. The van der Waals surface area contributed by atoms with Crippen molar-refractivity contribution < 1.29 is 19.4 Å². The molecule has 1 saturated carbocycles. The first-order chi connectivity index (χ1) is 13.4. The van der Waals surface area contributed by atoms with Crippen LogP contribution in [0.2, 0.25) is 0 Å². The highest BCUT2D eigenvalue weighted by molar-refractivity contribution is 5.87. The molecule has 0 aromatic heterocycles. The van der Waals surface area contributed by atoms with Gasteiger partial charge < -0.3 is 9.84 Å². The number of carboxylic acids is 1. The van der Waals surface area contributed by atoms with Gasteiger partial charge in [0.05, 0.1) is 0 Å². The van der Waals surface area contributed by atoms with Crippen LogP contribution >= 0.6 is 0 Å². The number of ether oxygens (including phenoxy) is 1. The smallest absolute Gasteiger partial charge is 0.333 e. The molecule has 4 nitrogen and oxygen atoms in total. The molecule has 0 heterocycles. The second-order valence-corrected chi connectivity index (χ2v) is 10.1. The second kappa shape index (κ2) is 8.89. The van der Waals surface area contributed by atoms with E-state index in [9.17, 15) is 9.59 Å². The van der Waals surface area contributed by atoms with Gasteiger partial charge in [0.1, 0.15) is 6.10 Å². The van der Waals surface area contributed by atoms with E-state index in [-0.39, 0.29) is 22.9 Å². The summed E-state index contributed by atoms with van der Waals surface area (Å²) < 4.78 is 5.94. The van der Waals surface area contributed by atoms with Gasteiger partial charge in [-0.1, -0.05) is 44.1 Å². The van der Waals surface area contributed by atoms with E-state index in [1.165, 1.54) is 11.6 Å². The zero-order valence-corrected chi connectivity index (χ0v) is 19.2. The summed E-state index contributed by atoms with van der Waals surface area (Å²) >= 11 is 0. The molecule has 0 aromatic carbocycles. The van der Waals surface area contributed by atoms with Crippen molar-refractivity contribution in [2.24, 2.45) is 22.7 Å². The number of allylic oxidation sites excluding steroid dienone is 4. The number of hydrogen-bond acceptors (Lipinski definition) is 3. The molecule has 1 fully saturated rings. The molecule has 162 valence electrons. The molecule has 0 aliphatic heterocycles. The van der Waals surface area contributed by atoms with E-state index in [1.54, 1.807) is 13.0 Å². The molecule has 29 heavy (non-hydrogen) atoms. The first-order valence-corrected chi connectivity index (χ1v) is 10.8. The average Bonchev–Trinajstić information content (AvgIpc) is 2.58. The maximum Gasteiger partial charge on any atom is 0.333 e. The Bertz CT molecular complexity index is 740. The molecule has 0 amide bonds. The zero-order valence-electron chi connectivity index (χ0n) is 19.2. The maximum absolute atomic E-state index is 12.4. The highest BCUT2D eigenvalue weighted by Gasteiger charge is 2.55. The topological polar surface area (TPSA) is 63.6 Å². The molecular formula is C25H38O4. The number of fused-ring (bicyclic) bond motifs is 1. The monoisotopic (exact) mass is 402 g/mol. The molecule has 2 aliphatic rings. The Kier molecular flexibility index (Phi) is 7.19. The number of rotatable bonds is 6. The van der Waals surface area contributed by atoms with Crippen molar-refractivity contribution in [3.63, 3.8) is 0 Å². The number of esters is 1. The van der Waals surface area contributed by atoms with Crippen LogP contribution in [0, 0.1) is 22.7 Å². The van der Waals surface area contributed by atoms with Crippen molar-refractivity contribution in [2.45, 2.75) is 86.7 Å². The van der Waals surface area contributed by atoms with Crippen molar-refractivity contribution in [1.82, 2.24) is 0 Å². The zero-order chi connectivity index (χ0) is 22.0. The maximum atomic E-state index is 12.4. The molecule has 0 aromatic rings. The first-order valence-electron chi connectivity index (χ1n) is 10.8. The Morgan fingerprint density at radius 1 is 1.24 bits per heavy atom. The van der Waals surface area contributed by atoms with Gasteiger partial charge in [-0.25, -0.2) is 9.59 Å². The van der Waals surface area contributed by atoms with Crippen molar-refractivity contribution in [1.29, 1.82) is 0 Å². The number of aliphatic carboxylic acids is 1. The second-order valence-electron chi connectivity index (χ2n) is 10.1. The summed E-state index contributed by atoms with van der Waals surface area (Å²) in [6, 6.07) is 0. The highest BCUT2D eigenvalue weighted by Crippen LogP contribution is 2.61. The van der Waals surface area contributed by atoms with Gasteiger partial charge in [-0.2, -0.15) is 0 Å². The molecule has 4 heteroatoms. The fourth-order valence-electron chi connectivity index (χ4n) is 5.92. The highest BCUT2D eigenvalue weighted by atomic mass is 16.5. The number of carbonyl (C=O) groups is 2. The standard InChI is InChI=1S/C25H38O4/c1-8-17(3)23(28)29-19-14-24(5,6)21-12-10-18(4)20(25(21,7)15-19)11-9-16(2)13-22(26)27/h8,10,13,19-21H,9,11-12,14-15H2,1-7H3,(H,26,27)/b16-13-,17-8-/t19-,20-,21-,25+/m1/s1. The van der Waals surface area contributed by atoms with Crippen LogP contribution in [0.1, 0.15) is 80.6 Å². The molecule has 0 saturated heterocycles. The van der Waals surface area contributed by atoms with Gasteiger partial charge >= 0.3 is 11.9 Å².